The molecule has 1 aliphatic rings. The second-order valence-corrected chi connectivity index (χ2v) is 8.10. The summed E-state index contributed by atoms with van der Waals surface area (Å²) in [5.41, 5.74) is 0. The molecule has 0 aromatic heterocycles. The third kappa shape index (κ3) is 4.11. The molecule has 82 valence electrons. The Balaban J connectivity index is 2.18. The Labute approximate surface area is 89.0 Å². The monoisotopic (exact) mass is 215 g/mol. The minimum absolute atomic E-state index is 0.794. The first-order valence-corrected chi connectivity index (χ1v) is 8.20. The molecular weight excluding hydrogens is 191 g/mol. The summed E-state index contributed by atoms with van der Waals surface area (Å²) < 4.78 is 0. The highest BCUT2D eigenvalue weighted by Crippen LogP contribution is 2.59. The highest BCUT2D eigenvalue weighted by Gasteiger charge is 2.37. The van der Waals surface area contributed by atoms with E-state index < -0.39 is 7.49 Å². The molecular formula is C12H24OP+. The second-order valence-electron chi connectivity index (χ2n) is 4.65. The molecule has 14 heavy (non-hydrogen) atoms. The van der Waals surface area contributed by atoms with Crippen LogP contribution in [0.4, 0.5) is 0 Å². The minimum atomic E-state index is -1.48. The van der Waals surface area contributed by atoms with E-state index in [2.05, 4.69) is 26.0 Å². The number of rotatable bonds is 5. The average molecular weight is 215 g/mol. The summed E-state index contributed by atoms with van der Waals surface area (Å²) in [6.07, 6.45) is 12.6. The summed E-state index contributed by atoms with van der Waals surface area (Å²) in [4.78, 5) is 10.2. The van der Waals surface area contributed by atoms with Crippen molar-refractivity contribution in [1.82, 2.24) is 0 Å². The van der Waals surface area contributed by atoms with Crippen LogP contribution in [-0.2, 0) is 0 Å². The molecule has 1 N–H and O–H groups in total. The fourth-order valence-electron chi connectivity index (χ4n) is 1.87. The Morgan fingerprint density at radius 1 is 1.29 bits per heavy atom. The van der Waals surface area contributed by atoms with Gasteiger partial charge in [0.1, 0.15) is 13.7 Å². The van der Waals surface area contributed by atoms with Crippen LogP contribution in [-0.4, -0.2) is 23.4 Å². The fourth-order valence-corrected chi connectivity index (χ4v) is 4.63. The van der Waals surface area contributed by atoms with Crippen molar-refractivity contribution in [3.8, 4) is 0 Å². The molecule has 1 heterocycles. The quantitative estimate of drug-likeness (QED) is 0.547. The van der Waals surface area contributed by atoms with Gasteiger partial charge in [0, 0.05) is 0 Å². The zero-order valence-electron chi connectivity index (χ0n) is 9.58. The second kappa shape index (κ2) is 5.88. The van der Waals surface area contributed by atoms with E-state index in [-0.39, 0.29) is 0 Å². The molecule has 0 saturated carbocycles. The molecule has 1 rings (SSSR count). The van der Waals surface area contributed by atoms with E-state index in [9.17, 15) is 4.89 Å². The van der Waals surface area contributed by atoms with E-state index in [1.165, 1.54) is 25.7 Å². The van der Waals surface area contributed by atoms with Crippen LogP contribution in [0, 0.1) is 5.92 Å². The summed E-state index contributed by atoms with van der Waals surface area (Å²) >= 11 is 0. The van der Waals surface area contributed by atoms with Crippen molar-refractivity contribution in [2.45, 2.75) is 39.5 Å². The fraction of sp³-hybridized carbons (Fsp3) is 0.833. The first-order valence-electron chi connectivity index (χ1n) is 5.90. The van der Waals surface area contributed by atoms with Crippen molar-refractivity contribution in [3.63, 3.8) is 0 Å². The lowest BCUT2D eigenvalue weighted by Crippen LogP contribution is -1.97. The molecule has 0 aromatic rings. The summed E-state index contributed by atoms with van der Waals surface area (Å²) in [6.45, 7) is 4.51. The van der Waals surface area contributed by atoms with Crippen LogP contribution >= 0.6 is 7.49 Å². The van der Waals surface area contributed by atoms with Gasteiger partial charge in [-0.2, -0.15) is 0 Å². The van der Waals surface area contributed by atoms with Crippen molar-refractivity contribution < 1.29 is 4.89 Å². The lowest BCUT2D eigenvalue weighted by atomic mass is 10.1. The van der Waals surface area contributed by atoms with Gasteiger partial charge in [0.15, 0.2) is 0 Å². The van der Waals surface area contributed by atoms with Crippen LogP contribution in [0.3, 0.4) is 0 Å². The van der Waals surface area contributed by atoms with Gasteiger partial charge in [0.25, 0.3) is 0 Å². The molecule has 0 spiro atoms. The van der Waals surface area contributed by atoms with Crippen molar-refractivity contribution in [3.05, 3.63) is 12.2 Å². The SMILES string of the molecule is CCC(C)C/C=C/C[P+]1(O)CCCC1. The summed E-state index contributed by atoms with van der Waals surface area (Å²) in [6, 6.07) is 0. The standard InChI is InChI=1S/C12H24OP/c1-3-12(2)8-4-5-9-14(13)10-6-7-11-14/h4-5,12-13H,3,6-11H2,1-2H3/q+1/b5-4+. The summed E-state index contributed by atoms with van der Waals surface area (Å²) in [5.74, 6) is 0.794. The van der Waals surface area contributed by atoms with E-state index in [0.29, 0.717) is 0 Å². The first kappa shape index (κ1) is 12.2. The van der Waals surface area contributed by atoms with Crippen LogP contribution in [0.25, 0.3) is 0 Å². The molecule has 1 fully saturated rings. The molecule has 1 unspecified atom stereocenters. The van der Waals surface area contributed by atoms with E-state index in [4.69, 9.17) is 0 Å². The number of hydrogen-bond donors (Lipinski definition) is 1. The highest BCUT2D eigenvalue weighted by atomic mass is 31.2. The van der Waals surface area contributed by atoms with Crippen molar-refractivity contribution in [1.29, 1.82) is 0 Å². The summed E-state index contributed by atoms with van der Waals surface area (Å²) in [7, 11) is -1.48. The zero-order valence-corrected chi connectivity index (χ0v) is 10.5. The molecule has 1 saturated heterocycles. The highest BCUT2D eigenvalue weighted by molar-refractivity contribution is 7.70. The molecule has 0 aliphatic carbocycles. The predicted molar refractivity (Wildman–Crippen MR) is 66.2 cm³/mol. The third-order valence-corrected chi connectivity index (χ3v) is 6.43. The maximum absolute atomic E-state index is 10.2. The maximum atomic E-state index is 10.2. The van der Waals surface area contributed by atoms with Crippen molar-refractivity contribution in [2.75, 3.05) is 18.5 Å². The van der Waals surface area contributed by atoms with Gasteiger partial charge in [0.05, 0.1) is 12.3 Å². The lowest BCUT2D eigenvalue weighted by molar-refractivity contribution is 0.571. The van der Waals surface area contributed by atoms with Crippen LogP contribution in [0.1, 0.15) is 39.5 Å². The van der Waals surface area contributed by atoms with Crippen molar-refractivity contribution >= 4 is 7.49 Å². The molecule has 2 heteroatoms. The average Bonchev–Trinajstić information content (AvgIpc) is 2.60. The van der Waals surface area contributed by atoms with Gasteiger partial charge < -0.3 is 0 Å². The molecule has 0 aromatic carbocycles. The molecule has 0 amide bonds. The largest absolute Gasteiger partial charge is 0.251 e. The smallest absolute Gasteiger partial charge is 0.145 e. The minimum Gasteiger partial charge on any atom is -0.251 e. The van der Waals surface area contributed by atoms with Gasteiger partial charge in [-0.3, -0.25) is 4.89 Å². The molecule has 1 aliphatic heterocycles. The Bertz CT molecular complexity index is 183. The Kier molecular flexibility index (Phi) is 5.12. The van der Waals surface area contributed by atoms with Gasteiger partial charge in [-0.05, 0) is 31.3 Å². The van der Waals surface area contributed by atoms with Crippen LogP contribution in [0.15, 0.2) is 12.2 Å². The lowest BCUT2D eigenvalue weighted by Gasteiger charge is -2.10. The topological polar surface area (TPSA) is 20.2 Å². The molecule has 1 nitrogen and oxygen atoms in total. The van der Waals surface area contributed by atoms with Gasteiger partial charge in [-0.25, -0.2) is 0 Å². The molecule has 0 bridgehead atoms. The third-order valence-electron chi connectivity index (χ3n) is 3.25. The molecule has 1 atom stereocenters. The van der Waals surface area contributed by atoms with E-state index >= 15 is 0 Å². The molecule has 0 radical (unpaired) electrons. The van der Waals surface area contributed by atoms with Gasteiger partial charge in [-0.1, -0.05) is 26.3 Å². The Morgan fingerprint density at radius 3 is 2.50 bits per heavy atom. The Hall–Kier alpha value is 0.130. The van der Waals surface area contributed by atoms with Gasteiger partial charge in [0.2, 0.25) is 0 Å². The first-order chi connectivity index (χ1) is 6.66. The van der Waals surface area contributed by atoms with Crippen LogP contribution < -0.4 is 0 Å². The van der Waals surface area contributed by atoms with E-state index in [1.807, 2.05) is 0 Å². The normalized spacial score (nSPS) is 23.1. The summed E-state index contributed by atoms with van der Waals surface area (Å²) in [5, 5.41) is 0. The van der Waals surface area contributed by atoms with E-state index in [1.54, 1.807) is 0 Å². The van der Waals surface area contributed by atoms with Crippen LogP contribution in [0.5, 0.6) is 0 Å². The van der Waals surface area contributed by atoms with Gasteiger partial charge in [-0.15, -0.1) is 0 Å². The van der Waals surface area contributed by atoms with Crippen LogP contribution in [0.2, 0.25) is 0 Å². The Morgan fingerprint density at radius 2 is 1.93 bits per heavy atom. The van der Waals surface area contributed by atoms with Crippen molar-refractivity contribution in [2.24, 2.45) is 5.92 Å². The number of allylic oxidation sites excluding steroid dienone is 2. The predicted octanol–water partition coefficient (Wildman–Crippen LogP) is 3.70. The van der Waals surface area contributed by atoms with Gasteiger partial charge >= 0.3 is 0 Å². The van der Waals surface area contributed by atoms with E-state index in [0.717, 1.165) is 24.4 Å². The maximum Gasteiger partial charge on any atom is 0.145 e. The zero-order chi connectivity index (χ0) is 10.4. The number of hydrogen-bond acceptors (Lipinski definition) is 1.